The third-order valence-corrected chi connectivity index (χ3v) is 6.36. The van der Waals surface area contributed by atoms with Crippen LogP contribution in [0, 0.1) is 11.8 Å². The monoisotopic (exact) mass is 438 g/mol. The summed E-state index contributed by atoms with van der Waals surface area (Å²) in [7, 11) is 0. The highest BCUT2D eigenvalue weighted by Crippen LogP contribution is 2.27. The van der Waals surface area contributed by atoms with E-state index >= 15 is 0 Å². The molecule has 4 heterocycles. The molecule has 32 heavy (non-hydrogen) atoms. The molecular weight excluding hydrogens is 408 g/mol. The first-order valence-electron chi connectivity index (χ1n) is 11.2. The van der Waals surface area contributed by atoms with Crippen LogP contribution in [-0.4, -0.2) is 63.6 Å². The maximum Gasteiger partial charge on any atom is 0.415 e. The molecule has 2 aromatic rings. The van der Waals surface area contributed by atoms with Crippen molar-refractivity contribution in [1.29, 1.82) is 0 Å². The first-order valence-corrected chi connectivity index (χ1v) is 11.2. The largest absolute Gasteiger partial charge is 0.447 e. The maximum absolute atomic E-state index is 12.6. The zero-order valence-electron chi connectivity index (χ0n) is 18.8. The second-order valence-corrected chi connectivity index (χ2v) is 8.80. The first-order chi connectivity index (χ1) is 15.4. The molecule has 0 spiro atoms. The fourth-order valence-electron chi connectivity index (χ4n) is 4.34. The molecular formula is C23H30N6O3. The van der Waals surface area contributed by atoms with Gasteiger partial charge in [-0.05, 0) is 49.8 Å². The molecule has 1 unspecified atom stereocenters. The molecule has 2 amide bonds. The number of ether oxygens (including phenoxy) is 1. The van der Waals surface area contributed by atoms with Crippen LogP contribution in [0.25, 0.3) is 0 Å². The molecule has 2 atom stereocenters. The van der Waals surface area contributed by atoms with E-state index in [4.69, 9.17) is 4.74 Å². The average molecular weight is 439 g/mol. The summed E-state index contributed by atoms with van der Waals surface area (Å²) < 4.78 is 5.24. The molecule has 2 aromatic heterocycles. The van der Waals surface area contributed by atoms with Gasteiger partial charge in [-0.3, -0.25) is 14.7 Å². The second kappa shape index (κ2) is 9.50. The normalized spacial score (nSPS) is 20.4. The summed E-state index contributed by atoms with van der Waals surface area (Å²) in [5.74, 6) is 1.72. The number of hydrogen-bond donors (Lipinski definition) is 1. The molecule has 0 radical (unpaired) electrons. The zero-order valence-corrected chi connectivity index (χ0v) is 18.8. The Kier molecular flexibility index (Phi) is 6.53. The Balaban J connectivity index is 1.36. The molecule has 0 bridgehead atoms. The molecule has 2 aliphatic rings. The summed E-state index contributed by atoms with van der Waals surface area (Å²) in [6.45, 7) is 8.03. The smallest absolute Gasteiger partial charge is 0.415 e. The molecule has 2 fully saturated rings. The Morgan fingerprint density at radius 1 is 1.19 bits per heavy atom. The van der Waals surface area contributed by atoms with Crippen LogP contribution < -0.4 is 10.2 Å². The van der Waals surface area contributed by atoms with Gasteiger partial charge in [-0.2, -0.15) is 4.98 Å². The number of hydrogen-bond acceptors (Lipinski definition) is 7. The van der Waals surface area contributed by atoms with Gasteiger partial charge in [0.2, 0.25) is 5.95 Å². The van der Waals surface area contributed by atoms with Crippen molar-refractivity contribution in [2.45, 2.75) is 45.7 Å². The number of nitrogens with one attached hydrogen (secondary N) is 1. The van der Waals surface area contributed by atoms with E-state index in [1.165, 1.54) is 0 Å². The fourth-order valence-corrected chi connectivity index (χ4v) is 4.34. The number of amides is 2. The van der Waals surface area contributed by atoms with Gasteiger partial charge in [-0.25, -0.2) is 9.78 Å². The quantitative estimate of drug-likeness (QED) is 0.739. The van der Waals surface area contributed by atoms with Crippen LogP contribution in [0.15, 0.2) is 36.8 Å². The van der Waals surface area contributed by atoms with E-state index in [-0.39, 0.29) is 30.0 Å². The minimum Gasteiger partial charge on any atom is -0.447 e. The lowest BCUT2D eigenvalue weighted by Crippen LogP contribution is -2.42. The van der Waals surface area contributed by atoms with Crippen molar-refractivity contribution in [2.75, 3.05) is 29.9 Å². The van der Waals surface area contributed by atoms with Crippen molar-refractivity contribution in [3.63, 3.8) is 0 Å². The van der Waals surface area contributed by atoms with Gasteiger partial charge in [-0.15, -0.1) is 0 Å². The Bertz CT molecular complexity index is 946. The van der Waals surface area contributed by atoms with E-state index in [1.807, 2.05) is 4.90 Å². The van der Waals surface area contributed by atoms with Crippen LogP contribution in [0.2, 0.25) is 0 Å². The number of carbonyl (C=O) groups excluding carboxylic acids is 2. The molecule has 0 aromatic carbocycles. The lowest BCUT2D eigenvalue weighted by Gasteiger charge is -2.35. The van der Waals surface area contributed by atoms with Gasteiger partial charge >= 0.3 is 6.09 Å². The van der Waals surface area contributed by atoms with Crippen molar-refractivity contribution in [1.82, 2.24) is 19.9 Å². The first kappa shape index (κ1) is 22.0. The number of piperidine rings is 1. The number of anilines is 2. The van der Waals surface area contributed by atoms with Gasteiger partial charge < -0.3 is 15.0 Å². The molecule has 1 N–H and O–H groups in total. The summed E-state index contributed by atoms with van der Waals surface area (Å²) in [4.78, 5) is 41.4. The van der Waals surface area contributed by atoms with Gasteiger partial charge in [0.15, 0.2) is 0 Å². The number of cyclic esters (lactones) is 1. The number of carbonyl (C=O) groups is 2. The minimum absolute atomic E-state index is 0.0328. The maximum atomic E-state index is 12.6. The van der Waals surface area contributed by atoms with Crippen LogP contribution in [0.4, 0.5) is 16.6 Å². The highest BCUT2D eigenvalue weighted by Gasteiger charge is 2.37. The van der Waals surface area contributed by atoms with Gasteiger partial charge in [0.1, 0.15) is 12.4 Å². The molecule has 170 valence electrons. The number of nitrogens with zero attached hydrogens (tertiary/aromatic N) is 5. The van der Waals surface area contributed by atoms with Crippen LogP contribution in [0.5, 0.6) is 0 Å². The van der Waals surface area contributed by atoms with Gasteiger partial charge in [-0.1, -0.05) is 13.8 Å². The van der Waals surface area contributed by atoms with Crippen molar-refractivity contribution in [3.05, 3.63) is 42.4 Å². The second-order valence-electron chi connectivity index (χ2n) is 8.80. The van der Waals surface area contributed by atoms with E-state index in [0.717, 1.165) is 12.8 Å². The fraction of sp³-hybridized carbons (Fsp3) is 0.522. The van der Waals surface area contributed by atoms with Crippen LogP contribution in [-0.2, 0) is 4.74 Å². The third-order valence-electron chi connectivity index (χ3n) is 6.36. The summed E-state index contributed by atoms with van der Waals surface area (Å²) >= 11 is 0. The van der Waals surface area contributed by atoms with E-state index in [0.29, 0.717) is 42.9 Å². The number of aromatic nitrogens is 3. The standard InChI is InChI=1S/C23H30N6O3/c1-15(2)19-14-32-23(31)29(19)20-6-10-25-22(27-20)26-16(3)17-7-11-28(12-8-17)21(30)18-5-4-9-24-13-18/h4-6,9-10,13,15-17,19H,7-8,11-12,14H2,1-3H3,(H,25,26,27)/t16?,19-/m1/s1. The highest BCUT2D eigenvalue weighted by atomic mass is 16.6. The Morgan fingerprint density at radius 2 is 1.97 bits per heavy atom. The molecule has 2 saturated heterocycles. The highest BCUT2D eigenvalue weighted by molar-refractivity contribution is 5.94. The Hall–Kier alpha value is -3.23. The molecule has 9 nitrogen and oxygen atoms in total. The average Bonchev–Trinajstić information content (AvgIpc) is 3.21. The lowest BCUT2D eigenvalue weighted by molar-refractivity contribution is 0.0683. The van der Waals surface area contributed by atoms with Gasteiger partial charge in [0, 0.05) is 37.7 Å². The molecule has 2 aliphatic heterocycles. The lowest BCUT2D eigenvalue weighted by atomic mass is 9.90. The van der Waals surface area contributed by atoms with Gasteiger partial charge in [0.05, 0.1) is 11.6 Å². The predicted octanol–water partition coefficient (Wildman–Crippen LogP) is 3.21. The summed E-state index contributed by atoms with van der Waals surface area (Å²) in [5.41, 5.74) is 0.627. The topological polar surface area (TPSA) is 101 Å². The van der Waals surface area contributed by atoms with E-state index in [2.05, 4.69) is 41.0 Å². The van der Waals surface area contributed by atoms with Gasteiger partial charge in [0.25, 0.3) is 5.91 Å². The molecule has 9 heteroatoms. The van der Waals surface area contributed by atoms with Crippen LogP contribution in [0.1, 0.15) is 44.0 Å². The molecule has 4 rings (SSSR count). The van der Waals surface area contributed by atoms with Crippen molar-refractivity contribution < 1.29 is 14.3 Å². The van der Waals surface area contributed by atoms with E-state index in [1.54, 1.807) is 41.7 Å². The summed E-state index contributed by atoms with van der Waals surface area (Å²) in [6, 6.07) is 5.42. The summed E-state index contributed by atoms with van der Waals surface area (Å²) in [5, 5.41) is 3.40. The van der Waals surface area contributed by atoms with Crippen molar-refractivity contribution >= 4 is 23.8 Å². The summed E-state index contributed by atoms with van der Waals surface area (Å²) in [6.07, 6.45) is 6.37. The van der Waals surface area contributed by atoms with Crippen molar-refractivity contribution in [3.8, 4) is 0 Å². The third kappa shape index (κ3) is 4.66. The molecule has 0 saturated carbocycles. The van der Waals surface area contributed by atoms with Crippen LogP contribution >= 0.6 is 0 Å². The number of rotatable bonds is 6. The van der Waals surface area contributed by atoms with E-state index in [9.17, 15) is 9.59 Å². The Morgan fingerprint density at radius 3 is 2.66 bits per heavy atom. The zero-order chi connectivity index (χ0) is 22.7. The van der Waals surface area contributed by atoms with Crippen molar-refractivity contribution in [2.24, 2.45) is 11.8 Å². The predicted molar refractivity (Wildman–Crippen MR) is 120 cm³/mol. The Labute approximate surface area is 188 Å². The SMILES string of the molecule is CC(Nc1nccc(N2C(=O)OC[C@@H]2C(C)C)n1)C1CCN(C(=O)c2cccnc2)CC1. The van der Waals surface area contributed by atoms with Crippen LogP contribution in [0.3, 0.4) is 0 Å². The minimum atomic E-state index is -0.368. The number of pyridine rings is 1. The molecule has 0 aliphatic carbocycles. The van der Waals surface area contributed by atoms with E-state index < -0.39 is 0 Å². The number of likely N-dealkylation sites (tertiary alicyclic amines) is 1.